The molecule has 0 bridgehead atoms. The third-order valence-electron chi connectivity index (χ3n) is 6.90. The topological polar surface area (TPSA) is 139 Å². The Morgan fingerprint density at radius 2 is 0.909 bits per heavy atom. The zero-order valence-electron chi connectivity index (χ0n) is 23.3. The van der Waals surface area contributed by atoms with Gasteiger partial charge in [-0.1, -0.05) is 22.6 Å². The maximum atomic E-state index is 4.49. The largest absolute Gasteiger partial charge is 0.255 e. The first kappa shape index (κ1) is 27.5. The van der Waals surface area contributed by atoms with Gasteiger partial charge in [-0.25, -0.2) is 29.3 Å². The van der Waals surface area contributed by atoms with Crippen LogP contribution in [0.25, 0.3) is 56.9 Å². The predicted molar refractivity (Wildman–Crippen MR) is 169 cm³/mol. The average Bonchev–Trinajstić information content (AvgIpc) is 3.63. The molecule has 12 nitrogen and oxygen atoms in total. The first-order valence-electron chi connectivity index (χ1n) is 13.4. The van der Waals surface area contributed by atoms with Crippen molar-refractivity contribution in [1.29, 1.82) is 0 Å². The molecule has 0 spiro atoms. The first-order chi connectivity index (χ1) is 21.4. The summed E-state index contributed by atoms with van der Waals surface area (Å²) in [4.78, 5) is 26.6. The number of benzene rings is 1. The fourth-order valence-electron chi connectivity index (χ4n) is 4.76. The zero-order chi connectivity index (χ0) is 30.2. The van der Waals surface area contributed by atoms with E-state index in [0.717, 1.165) is 34.2 Å². The van der Waals surface area contributed by atoms with E-state index in [0.29, 0.717) is 44.5 Å². The molecule has 44 heavy (non-hydrogen) atoms. The van der Waals surface area contributed by atoms with Gasteiger partial charge in [0.1, 0.15) is 11.4 Å². The van der Waals surface area contributed by atoms with Crippen LogP contribution in [0.4, 0.5) is 0 Å². The Kier molecular flexibility index (Phi) is 7.12. The SMILES string of the molecule is Cc1c(-c2cc(-c3ccccn3)nc(S)n2)nnn1-c1ccc(-n2nnc(-c3cc(-c4ccccn4)nc(S)n3)c2C)cc1. The summed E-state index contributed by atoms with van der Waals surface area (Å²) < 4.78 is 3.52. The second-order valence-corrected chi connectivity index (χ2v) is 10.5. The number of hydrogen-bond acceptors (Lipinski definition) is 12. The summed E-state index contributed by atoms with van der Waals surface area (Å²) in [5.74, 6) is 0. The zero-order valence-corrected chi connectivity index (χ0v) is 25.1. The molecular weight excluding hydrogens is 593 g/mol. The summed E-state index contributed by atoms with van der Waals surface area (Å²) in [6.45, 7) is 3.88. The number of pyridine rings is 2. The average molecular weight is 615 g/mol. The highest BCUT2D eigenvalue weighted by atomic mass is 32.1. The van der Waals surface area contributed by atoms with Crippen LogP contribution in [0.1, 0.15) is 11.4 Å². The highest BCUT2D eigenvalue weighted by Crippen LogP contribution is 2.28. The molecule has 6 aromatic heterocycles. The van der Waals surface area contributed by atoms with Gasteiger partial charge in [-0.2, -0.15) is 0 Å². The van der Waals surface area contributed by atoms with Crippen molar-refractivity contribution >= 4 is 25.3 Å². The van der Waals surface area contributed by atoms with Gasteiger partial charge in [0.05, 0.1) is 56.9 Å². The molecule has 1 aromatic carbocycles. The molecule has 0 fully saturated rings. The van der Waals surface area contributed by atoms with Gasteiger partial charge >= 0.3 is 0 Å². The number of rotatable bonds is 6. The first-order valence-corrected chi connectivity index (χ1v) is 14.3. The van der Waals surface area contributed by atoms with Crippen LogP contribution < -0.4 is 0 Å². The van der Waals surface area contributed by atoms with Crippen molar-refractivity contribution in [3.05, 3.63) is 96.6 Å². The Hall–Kier alpha value is -5.34. The van der Waals surface area contributed by atoms with Crippen LogP contribution in [0.2, 0.25) is 0 Å². The van der Waals surface area contributed by atoms with E-state index in [1.54, 1.807) is 21.8 Å². The quantitative estimate of drug-likeness (QED) is 0.193. The minimum Gasteiger partial charge on any atom is -0.255 e. The fraction of sp³-hybridized carbons (Fsp3) is 0.0667. The summed E-state index contributed by atoms with van der Waals surface area (Å²) >= 11 is 8.82. The lowest BCUT2D eigenvalue weighted by Crippen LogP contribution is -2.02. The Morgan fingerprint density at radius 1 is 0.500 bits per heavy atom. The molecule has 0 N–H and O–H groups in total. The van der Waals surface area contributed by atoms with Crippen molar-refractivity contribution in [3.63, 3.8) is 0 Å². The maximum absolute atomic E-state index is 4.49. The van der Waals surface area contributed by atoms with Gasteiger partial charge in [-0.05, 0) is 74.5 Å². The second kappa shape index (κ2) is 11.4. The van der Waals surface area contributed by atoms with Gasteiger partial charge in [-0.15, -0.1) is 35.5 Å². The fourth-order valence-corrected chi connectivity index (χ4v) is 5.19. The monoisotopic (exact) mass is 614 g/mol. The van der Waals surface area contributed by atoms with Gasteiger partial charge in [0.2, 0.25) is 0 Å². The van der Waals surface area contributed by atoms with Crippen LogP contribution >= 0.6 is 25.3 Å². The molecular formula is C30H22N12S2. The second-order valence-electron chi connectivity index (χ2n) is 9.69. The Morgan fingerprint density at radius 3 is 1.30 bits per heavy atom. The molecule has 6 heterocycles. The van der Waals surface area contributed by atoms with Crippen LogP contribution in [0.5, 0.6) is 0 Å². The van der Waals surface area contributed by atoms with Crippen molar-refractivity contribution in [1.82, 2.24) is 59.9 Å². The minimum absolute atomic E-state index is 0.324. The minimum atomic E-state index is 0.324. The highest BCUT2D eigenvalue weighted by Gasteiger charge is 2.18. The summed E-state index contributed by atoms with van der Waals surface area (Å²) in [7, 11) is 0. The van der Waals surface area contributed by atoms with E-state index in [2.05, 4.69) is 75.8 Å². The van der Waals surface area contributed by atoms with Gasteiger partial charge in [0, 0.05) is 12.4 Å². The van der Waals surface area contributed by atoms with E-state index in [1.165, 1.54) is 0 Å². The molecule has 0 saturated heterocycles. The molecule has 0 aliphatic rings. The molecule has 0 saturated carbocycles. The molecule has 14 heteroatoms. The number of hydrogen-bond donors (Lipinski definition) is 2. The van der Waals surface area contributed by atoms with Crippen LogP contribution in [-0.2, 0) is 0 Å². The van der Waals surface area contributed by atoms with Crippen molar-refractivity contribution < 1.29 is 0 Å². The lowest BCUT2D eigenvalue weighted by Gasteiger charge is -2.08. The van der Waals surface area contributed by atoms with Gasteiger partial charge in [0.25, 0.3) is 0 Å². The van der Waals surface area contributed by atoms with Crippen molar-refractivity contribution in [2.75, 3.05) is 0 Å². The van der Waals surface area contributed by atoms with Gasteiger partial charge in [0.15, 0.2) is 10.3 Å². The number of nitrogens with zero attached hydrogens (tertiary/aromatic N) is 12. The van der Waals surface area contributed by atoms with Crippen LogP contribution in [0, 0.1) is 13.8 Å². The normalized spacial score (nSPS) is 11.2. The lowest BCUT2D eigenvalue weighted by molar-refractivity contribution is 0.774. The summed E-state index contributed by atoms with van der Waals surface area (Å²) in [6, 6.07) is 22.7. The van der Waals surface area contributed by atoms with E-state index in [9.17, 15) is 0 Å². The van der Waals surface area contributed by atoms with E-state index < -0.39 is 0 Å². The Balaban J connectivity index is 1.18. The number of aromatic nitrogens is 12. The highest BCUT2D eigenvalue weighted by molar-refractivity contribution is 7.80. The molecule has 0 radical (unpaired) electrons. The van der Waals surface area contributed by atoms with Crippen molar-refractivity contribution in [2.45, 2.75) is 24.2 Å². The molecule has 0 atom stereocenters. The summed E-state index contributed by atoms with van der Waals surface area (Å²) in [5, 5.41) is 18.3. The molecule has 0 aliphatic carbocycles. The standard InChI is InChI=1S/C30H22N12S2/c1-17-27(25-15-23(33-29(43)35-25)21-7-3-5-13-31-21)37-39-41(17)19-9-11-20(12-10-19)42-18(2)28(38-40-42)26-16-24(34-30(44)36-26)22-8-4-6-14-32-22/h3-16H,1-2H3,(H,33,35,43)(H,34,36,44). The van der Waals surface area contributed by atoms with Crippen LogP contribution in [0.3, 0.4) is 0 Å². The molecule has 0 amide bonds. The number of thiol groups is 2. The third-order valence-corrected chi connectivity index (χ3v) is 7.30. The Labute approximate surface area is 262 Å². The third kappa shape index (κ3) is 5.20. The van der Waals surface area contributed by atoms with Crippen LogP contribution in [-0.4, -0.2) is 59.9 Å². The van der Waals surface area contributed by atoms with E-state index in [4.69, 9.17) is 0 Å². The van der Waals surface area contributed by atoms with Crippen LogP contribution in [0.15, 0.2) is 95.5 Å². The maximum Gasteiger partial charge on any atom is 0.185 e. The van der Waals surface area contributed by atoms with E-state index in [1.807, 2.05) is 86.6 Å². The molecule has 0 aliphatic heterocycles. The smallest absolute Gasteiger partial charge is 0.185 e. The summed E-state index contributed by atoms with van der Waals surface area (Å²) in [5.41, 5.74) is 8.48. The van der Waals surface area contributed by atoms with Gasteiger partial charge < -0.3 is 0 Å². The lowest BCUT2D eigenvalue weighted by atomic mass is 10.2. The van der Waals surface area contributed by atoms with E-state index in [-0.39, 0.29) is 0 Å². The molecule has 7 rings (SSSR count). The van der Waals surface area contributed by atoms with Crippen molar-refractivity contribution in [3.8, 4) is 56.9 Å². The Bertz CT molecular complexity index is 1960. The van der Waals surface area contributed by atoms with Crippen molar-refractivity contribution in [2.24, 2.45) is 0 Å². The van der Waals surface area contributed by atoms with Gasteiger partial charge in [-0.3, -0.25) is 9.97 Å². The molecule has 7 aromatic rings. The predicted octanol–water partition coefficient (Wildman–Crippen LogP) is 5.08. The molecule has 0 unspecified atom stereocenters. The summed E-state index contributed by atoms with van der Waals surface area (Å²) in [6.07, 6.45) is 3.44. The molecule has 214 valence electrons. The van der Waals surface area contributed by atoms with E-state index >= 15 is 0 Å².